The highest BCUT2D eigenvalue weighted by molar-refractivity contribution is 5.92. The summed E-state index contributed by atoms with van der Waals surface area (Å²) < 4.78 is 5.34. The van der Waals surface area contributed by atoms with Crippen molar-refractivity contribution < 1.29 is 14.6 Å². The minimum absolute atomic E-state index is 0.402. The summed E-state index contributed by atoms with van der Waals surface area (Å²) in [5.74, 6) is -0.208. The molecular weight excluding hydrogens is 282 g/mol. The van der Waals surface area contributed by atoms with Crippen LogP contribution in [0.4, 0.5) is 5.82 Å². The van der Waals surface area contributed by atoms with E-state index in [0.717, 1.165) is 16.5 Å². The number of aliphatic carboxylic acids is 1. The van der Waals surface area contributed by atoms with Gasteiger partial charge in [0.25, 0.3) is 0 Å². The van der Waals surface area contributed by atoms with Gasteiger partial charge in [0.05, 0.1) is 5.52 Å². The molecule has 0 atom stereocenters. The van der Waals surface area contributed by atoms with Crippen LogP contribution in [0.15, 0.2) is 48.8 Å². The number of nitrogens with two attached hydrogens (primary N) is 1. The summed E-state index contributed by atoms with van der Waals surface area (Å²) in [4.78, 5) is 10.7. The highest BCUT2D eigenvalue weighted by Gasteiger charge is 2.10. The Morgan fingerprint density at radius 3 is 2.95 bits per heavy atom. The summed E-state index contributed by atoms with van der Waals surface area (Å²) in [6.45, 7) is 5.18. The molecule has 0 aliphatic rings. The standard InChI is InChI=1S/C16H17N3O3/c1-3-5-14(22-9-15(20)21)11(4-2)10-6-7-13-12(8-10)16(17)19-18-13/h3-8H,2,9H2,1H3,(H,20,21)(H3,17,18,19)/b5-3-,14-11-. The molecule has 0 aliphatic carbocycles. The van der Waals surface area contributed by atoms with E-state index in [2.05, 4.69) is 16.8 Å². The molecule has 1 aromatic heterocycles. The first-order valence-corrected chi connectivity index (χ1v) is 6.64. The number of aromatic nitrogens is 2. The molecule has 0 radical (unpaired) electrons. The van der Waals surface area contributed by atoms with E-state index in [1.54, 1.807) is 18.2 Å². The van der Waals surface area contributed by atoms with Crippen LogP contribution < -0.4 is 5.73 Å². The number of anilines is 1. The van der Waals surface area contributed by atoms with Crippen LogP contribution in [-0.2, 0) is 9.53 Å². The molecule has 2 aromatic rings. The summed E-state index contributed by atoms with van der Waals surface area (Å²) in [6, 6.07) is 5.57. The molecule has 6 heteroatoms. The second kappa shape index (κ2) is 6.62. The Balaban J connectivity index is 2.52. The molecule has 22 heavy (non-hydrogen) atoms. The highest BCUT2D eigenvalue weighted by Crippen LogP contribution is 2.27. The third-order valence-corrected chi connectivity index (χ3v) is 3.04. The number of nitrogen functional groups attached to an aromatic ring is 1. The molecule has 0 saturated carbocycles. The molecule has 0 aliphatic heterocycles. The Hall–Kier alpha value is -3.02. The van der Waals surface area contributed by atoms with E-state index in [4.69, 9.17) is 15.6 Å². The van der Waals surface area contributed by atoms with Crippen LogP contribution in [0.2, 0.25) is 0 Å². The van der Waals surface area contributed by atoms with Crippen molar-refractivity contribution in [1.29, 1.82) is 0 Å². The van der Waals surface area contributed by atoms with Crippen molar-refractivity contribution in [2.45, 2.75) is 6.92 Å². The summed E-state index contributed by atoms with van der Waals surface area (Å²) in [5.41, 5.74) is 8.13. The maximum atomic E-state index is 10.7. The first-order valence-electron chi connectivity index (χ1n) is 6.64. The fraction of sp³-hybridized carbons (Fsp3) is 0.125. The Labute approximate surface area is 127 Å². The molecule has 1 aromatic carbocycles. The van der Waals surface area contributed by atoms with Crippen LogP contribution in [0.1, 0.15) is 12.5 Å². The second-order valence-electron chi connectivity index (χ2n) is 4.53. The van der Waals surface area contributed by atoms with Gasteiger partial charge >= 0.3 is 5.97 Å². The van der Waals surface area contributed by atoms with Crippen molar-refractivity contribution in [1.82, 2.24) is 10.2 Å². The van der Waals surface area contributed by atoms with Gasteiger partial charge < -0.3 is 15.6 Å². The molecule has 0 amide bonds. The second-order valence-corrected chi connectivity index (χ2v) is 4.53. The fourth-order valence-corrected chi connectivity index (χ4v) is 2.07. The summed E-state index contributed by atoms with van der Waals surface area (Å²) >= 11 is 0. The van der Waals surface area contributed by atoms with Gasteiger partial charge in [-0.25, -0.2) is 4.79 Å². The lowest BCUT2D eigenvalue weighted by Crippen LogP contribution is -2.07. The number of carboxylic acids is 1. The van der Waals surface area contributed by atoms with Crippen LogP contribution in [0.25, 0.3) is 16.5 Å². The molecule has 4 N–H and O–H groups in total. The zero-order chi connectivity index (χ0) is 16.1. The van der Waals surface area contributed by atoms with Gasteiger partial charge in [0.15, 0.2) is 12.4 Å². The number of allylic oxidation sites excluding steroid dienone is 4. The zero-order valence-electron chi connectivity index (χ0n) is 12.2. The topological polar surface area (TPSA) is 101 Å². The highest BCUT2D eigenvalue weighted by atomic mass is 16.5. The Morgan fingerprint density at radius 2 is 2.32 bits per heavy atom. The first-order chi connectivity index (χ1) is 10.6. The van der Waals surface area contributed by atoms with Crippen LogP contribution in [0, 0.1) is 0 Å². The van der Waals surface area contributed by atoms with Crippen LogP contribution >= 0.6 is 0 Å². The van der Waals surface area contributed by atoms with Crippen LogP contribution in [0.3, 0.4) is 0 Å². The van der Waals surface area contributed by atoms with Crippen LogP contribution in [-0.4, -0.2) is 27.9 Å². The molecular formula is C16H17N3O3. The van der Waals surface area contributed by atoms with Gasteiger partial charge in [0, 0.05) is 11.0 Å². The van der Waals surface area contributed by atoms with Crippen molar-refractivity contribution in [2.75, 3.05) is 12.3 Å². The molecule has 0 spiro atoms. The average molecular weight is 299 g/mol. The average Bonchev–Trinajstić information content (AvgIpc) is 2.86. The minimum Gasteiger partial charge on any atom is -0.481 e. The molecule has 0 unspecified atom stereocenters. The van der Waals surface area contributed by atoms with Gasteiger partial charge in [-0.05, 0) is 30.7 Å². The number of nitrogens with one attached hydrogen (secondary N) is 1. The third kappa shape index (κ3) is 3.17. The predicted octanol–water partition coefficient (Wildman–Crippen LogP) is 2.72. The van der Waals surface area contributed by atoms with E-state index < -0.39 is 12.6 Å². The SMILES string of the molecule is C=C/C(=C(\C=C/C)OCC(=O)O)c1ccc2[nH]nc(N)c2c1. The molecule has 0 fully saturated rings. The van der Waals surface area contributed by atoms with Gasteiger partial charge in [-0.2, -0.15) is 5.10 Å². The monoisotopic (exact) mass is 299 g/mol. The van der Waals surface area contributed by atoms with Crippen molar-refractivity contribution in [3.8, 4) is 0 Å². The van der Waals surface area contributed by atoms with E-state index in [9.17, 15) is 4.79 Å². The quantitative estimate of drug-likeness (QED) is 0.562. The van der Waals surface area contributed by atoms with Crippen molar-refractivity contribution in [3.63, 3.8) is 0 Å². The van der Waals surface area contributed by atoms with Crippen molar-refractivity contribution in [3.05, 3.63) is 54.3 Å². The maximum absolute atomic E-state index is 10.7. The Morgan fingerprint density at radius 1 is 1.55 bits per heavy atom. The number of hydrogen-bond acceptors (Lipinski definition) is 4. The van der Waals surface area contributed by atoms with Gasteiger partial charge in [0.1, 0.15) is 5.76 Å². The number of hydrogen-bond donors (Lipinski definition) is 3. The van der Waals surface area contributed by atoms with Gasteiger partial charge in [0.2, 0.25) is 0 Å². The Bertz CT molecular complexity index is 772. The lowest BCUT2D eigenvalue weighted by atomic mass is 10.0. The van der Waals surface area contributed by atoms with Gasteiger partial charge in [-0.1, -0.05) is 24.8 Å². The largest absolute Gasteiger partial charge is 0.481 e. The number of aromatic amines is 1. The summed E-state index contributed by atoms with van der Waals surface area (Å²) in [7, 11) is 0. The summed E-state index contributed by atoms with van der Waals surface area (Å²) in [6.07, 6.45) is 5.09. The number of nitrogens with zero attached hydrogens (tertiary/aromatic N) is 1. The van der Waals surface area contributed by atoms with E-state index in [0.29, 0.717) is 17.2 Å². The number of fused-ring (bicyclic) bond motifs is 1. The predicted molar refractivity (Wildman–Crippen MR) is 86.0 cm³/mol. The smallest absolute Gasteiger partial charge is 0.341 e. The fourth-order valence-electron chi connectivity index (χ4n) is 2.07. The van der Waals surface area contributed by atoms with Crippen molar-refractivity contribution >= 4 is 28.3 Å². The molecule has 0 bridgehead atoms. The van der Waals surface area contributed by atoms with Gasteiger partial charge in [-0.15, -0.1) is 0 Å². The number of H-pyrrole nitrogens is 1. The normalized spacial score (nSPS) is 12.4. The lowest BCUT2D eigenvalue weighted by molar-refractivity contribution is -0.140. The van der Waals surface area contributed by atoms with Gasteiger partial charge in [-0.3, -0.25) is 5.10 Å². The molecule has 6 nitrogen and oxygen atoms in total. The number of carboxylic acid groups (broad SMARTS) is 1. The van der Waals surface area contributed by atoms with E-state index in [1.807, 2.05) is 25.1 Å². The lowest BCUT2D eigenvalue weighted by Gasteiger charge is -2.10. The molecule has 1 heterocycles. The Kier molecular flexibility index (Phi) is 4.63. The zero-order valence-corrected chi connectivity index (χ0v) is 12.2. The van der Waals surface area contributed by atoms with E-state index in [-0.39, 0.29) is 0 Å². The van der Waals surface area contributed by atoms with E-state index in [1.165, 1.54) is 0 Å². The van der Waals surface area contributed by atoms with E-state index >= 15 is 0 Å². The summed E-state index contributed by atoms with van der Waals surface area (Å²) in [5, 5.41) is 16.3. The minimum atomic E-state index is -1.04. The number of carbonyl (C=O) groups is 1. The number of benzene rings is 1. The first kappa shape index (κ1) is 15.4. The maximum Gasteiger partial charge on any atom is 0.341 e. The molecule has 114 valence electrons. The molecule has 2 rings (SSSR count). The van der Waals surface area contributed by atoms with Crippen LogP contribution in [0.5, 0.6) is 0 Å². The number of ether oxygens (including phenoxy) is 1. The number of rotatable bonds is 6. The van der Waals surface area contributed by atoms with Crippen molar-refractivity contribution in [2.24, 2.45) is 0 Å². The molecule has 0 saturated heterocycles. The third-order valence-electron chi connectivity index (χ3n) is 3.04.